The number of hydrogen-bond donors (Lipinski definition) is 4. The van der Waals surface area contributed by atoms with Gasteiger partial charge in [-0.2, -0.15) is 0 Å². The lowest BCUT2D eigenvalue weighted by Gasteiger charge is -2.16. The molecule has 0 unspecified atom stereocenters. The van der Waals surface area contributed by atoms with E-state index in [1.54, 1.807) is 0 Å². The lowest BCUT2D eigenvalue weighted by molar-refractivity contribution is -0.142. The van der Waals surface area contributed by atoms with Crippen molar-refractivity contribution in [3.63, 3.8) is 0 Å². The number of aliphatic carboxylic acids is 1. The Morgan fingerprint density at radius 2 is 2.00 bits per heavy atom. The number of aromatic hydroxyl groups is 2. The summed E-state index contributed by atoms with van der Waals surface area (Å²) in [6, 6.07) is 3.31. The first kappa shape index (κ1) is 11.3. The molecule has 0 radical (unpaired) electrons. The molecule has 1 amide bonds. The molecule has 1 aromatic rings. The normalized spacial score (nSPS) is 23.4. The fourth-order valence-corrected chi connectivity index (χ4v) is 1.93. The number of benzene rings is 1. The summed E-state index contributed by atoms with van der Waals surface area (Å²) in [6.07, 6.45) is -0.0817. The highest BCUT2D eigenvalue weighted by molar-refractivity contribution is 5.87. The van der Waals surface area contributed by atoms with Gasteiger partial charge in [-0.15, -0.1) is 0 Å². The van der Waals surface area contributed by atoms with E-state index in [1.165, 1.54) is 18.2 Å². The number of carboxylic acids is 1. The summed E-state index contributed by atoms with van der Waals surface area (Å²) < 4.78 is 0. The van der Waals surface area contributed by atoms with Crippen molar-refractivity contribution in [1.29, 1.82) is 0 Å². The van der Waals surface area contributed by atoms with Gasteiger partial charge in [0.25, 0.3) is 0 Å². The zero-order valence-electron chi connectivity index (χ0n) is 8.75. The summed E-state index contributed by atoms with van der Waals surface area (Å²) in [5.41, 5.74) is 0.457. The van der Waals surface area contributed by atoms with Gasteiger partial charge < -0.3 is 20.6 Å². The van der Waals surface area contributed by atoms with Gasteiger partial charge >= 0.3 is 5.97 Å². The Balaban J connectivity index is 2.34. The first-order valence-corrected chi connectivity index (χ1v) is 5.03. The minimum atomic E-state index is -1.07. The standard InChI is InChI=1S/C11H11NO5/c13-7-2-1-5(3-8(7)14)10-6(11(16)17)4-9(15)12-10/h1-3,6,10,13-14H,4H2,(H,12,15)(H,16,17)/t6-,10+/m0/s1. The van der Waals surface area contributed by atoms with Gasteiger partial charge in [-0.1, -0.05) is 6.07 Å². The van der Waals surface area contributed by atoms with Crippen LogP contribution < -0.4 is 5.32 Å². The second-order valence-corrected chi connectivity index (χ2v) is 3.94. The highest BCUT2D eigenvalue weighted by Crippen LogP contribution is 2.34. The van der Waals surface area contributed by atoms with Crippen LogP contribution in [0.5, 0.6) is 11.5 Å². The van der Waals surface area contributed by atoms with Crippen LogP contribution in [-0.2, 0) is 9.59 Å². The maximum absolute atomic E-state index is 11.2. The molecular formula is C11H11NO5. The SMILES string of the molecule is O=C1C[C@H](C(=O)O)[C@@H](c2ccc(O)c(O)c2)N1. The Labute approximate surface area is 96.5 Å². The average Bonchev–Trinajstić information content (AvgIpc) is 2.64. The molecule has 0 saturated carbocycles. The maximum Gasteiger partial charge on any atom is 0.309 e. The van der Waals surface area contributed by atoms with Crippen molar-refractivity contribution in [2.45, 2.75) is 12.5 Å². The van der Waals surface area contributed by atoms with Gasteiger partial charge in [0.1, 0.15) is 0 Å². The van der Waals surface area contributed by atoms with Crippen molar-refractivity contribution < 1.29 is 24.9 Å². The van der Waals surface area contributed by atoms with Gasteiger partial charge in [0.05, 0.1) is 12.0 Å². The van der Waals surface area contributed by atoms with Crippen molar-refractivity contribution in [1.82, 2.24) is 5.32 Å². The molecule has 0 aromatic heterocycles. The fourth-order valence-electron chi connectivity index (χ4n) is 1.93. The Kier molecular flexibility index (Phi) is 2.63. The fraction of sp³-hybridized carbons (Fsp3) is 0.273. The van der Waals surface area contributed by atoms with E-state index in [0.717, 1.165) is 0 Å². The minimum absolute atomic E-state index is 0.0817. The Bertz CT molecular complexity index is 485. The Morgan fingerprint density at radius 1 is 1.29 bits per heavy atom. The molecule has 0 aliphatic carbocycles. The van der Waals surface area contributed by atoms with Crippen LogP contribution >= 0.6 is 0 Å². The van der Waals surface area contributed by atoms with Gasteiger partial charge in [0.2, 0.25) is 5.91 Å². The van der Waals surface area contributed by atoms with Gasteiger partial charge in [0, 0.05) is 6.42 Å². The molecule has 6 heteroatoms. The topological polar surface area (TPSA) is 107 Å². The van der Waals surface area contributed by atoms with Crippen LogP contribution in [0.4, 0.5) is 0 Å². The number of hydrogen-bond acceptors (Lipinski definition) is 4. The predicted molar refractivity (Wildman–Crippen MR) is 56.4 cm³/mol. The lowest BCUT2D eigenvalue weighted by Crippen LogP contribution is -2.24. The molecule has 1 aliphatic heterocycles. The summed E-state index contributed by atoms with van der Waals surface area (Å²) in [6.45, 7) is 0. The van der Waals surface area contributed by atoms with Crippen LogP contribution in [0.25, 0.3) is 0 Å². The number of nitrogens with one attached hydrogen (secondary N) is 1. The zero-order chi connectivity index (χ0) is 12.6. The van der Waals surface area contributed by atoms with Crippen LogP contribution in [0.3, 0.4) is 0 Å². The van der Waals surface area contributed by atoms with Gasteiger partial charge in [-0.25, -0.2) is 0 Å². The lowest BCUT2D eigenvalue weighted by atomic mass is 9.94. The van der Waals surface area contributed by atoms with E-state index in [4.69, 9.17) is 10.2 Å². The summed E-state index contributed by atoms with van der Waals surface area (Å²) in [4.78, 5) is 22.2. The van der Waals surface area contributed by atoms with Crippen molar-refractivity contribution in [2.24, 2.45) is 5.92 Å². The summed E-state index contributed by atoms with van der Waals surface area (Å²) in [5.74, 6) is -2.89. The molecule has 4 N–H and O–H groups in total. The second kappa shape index (κ2) is 3.97. The first-order valence-electron chi connectivity index (χ1n) is 5.03. The van der Waals surface area contributed by atoms with Crippen LogP contribution in [0.1, 0.15) is 18.0 Å². The smallest absolute Gasteiger partial charge is 0.309 e. The monoisotopic (exact) mass is 237 g/mol. The third-order valence-electron chi connectivity index (χ3n) is 2.80. The molecule has 90 valence electrons. The van der Waals surface area contributed by atoms with E-state index >= 15 is 0 Å². The number of carboxylic acid groups (broad SMARTS) is 1. The molecule has 2 atom stereocenters. The molecule has 0 bridgehead atoms. The second-order valence-electron chi connectivity index (χ2n) is 3.94. The van der Waals surface area contributed by atoms with E-state index in [9.17, 15) is 14.7 Å². The molecule has 1 heterocycles. The molecule has 1 saturated heterocycles. The Morgan fingerprint density at radius 3 is 2.59 bits per heavy atom. The molecule has 1 aromatic carbocycles. The number of phenols is 2. The molecule has 2 rings (SSSR count). The van der Waals surface area contributed by atoms with Crippen molar-refractivity contribution >= 4 is 11.9 Å². The molecule has 6 nitrogen and oxygen atoms in total. The van der Waals surface area contributed by atoms with Crippen LogP contribution in [0.2, 0.25) is 0 Å². The third kappa shape index (κ3) is 2.01. The minimum Gasteiger partial charge on any atom is -0.504 e. The number of phenolic OH excluding ortho intramolecular Hbond substituents is 2. The van der Waals surface area contributed by atoms with E-state index in [2.05, 4.69) is 5.32 Å². The van der Waals surface area contributed by atoms with E-state index in [1.807, 2.05) is 0 Å². The highest BCUT2D eigenvalue weighted by Gasteiger charge is 2.38. The van der Waals surface area contributed by atoms with Crippen molar-refractivity contribution in [3.05, 3.63) is 23.8 Å². The Hall–Kier alpha value is -2.24. The van der Waals surface area contributed by atoms with Crippen LogP contribution in [0, 0.1) is 5.92 Å². The highest BCUT2D eigenvalue weighted by atomic mass is 16.4. The van der Waals surface area contributed by atoms with E-state index in [-0.39, 0.29) is 23.8 Å². The molecule has 1 fully saturated rings. The zero-order valence-corrected chi connectivity index (χ0v) is 8.75. The molecule has 0 spiro atoms. The predicted octanol–water partition coefficient (Wildman–Crippen LogP) is 0.360. The molecule has 1 aliphatic rings. The number of rotatable bonds is 2. The third-order valence-corrected chi connectivity index (χ3v) is 2.80. The summed E-state index contributed by atoms with van der Waals surface area (Å²) in [7, 11) is 0. The summed E-state index contributed by atoms with van der Waals surface area (Å²) in [5, 5.41) is 30.0. The summed E-state index contributed by atoms with van der Waals surface area (Å²) >= 11 is 0. The van der Waals surface area contributed by atoms with Crippen molar-refractivity contribution in [3.8, 4) is 11.5 Å². The number of carbonyl (C=O) groups excluding carboxylic acids is 1. The maximum atomic E-state index is 11.2. The first-order chi connectivity index (χ1) is 7.99. The molecule has 17 heavy (non-hydrogen) atoms. The number of amides is 1. The largest absolute Gasteiger partial charge is 0.504 e. The van der Waals surface area contributed by atoms with E-state index in [0.29, 0.717) is 5.56 Å². The average molecular weight is 237 g/mol. The van der Waals surface area contributed by atoms with Crippen LogP contribution in [0.15, 0.2) is 18.2 Å². The van der Waals surface area contributed by atoms with Gasteiger partial charge in [0.15, 0.2) is 11.5 Å². The van der Waals surface area contributed by atoms with E-state index < -0.39 is 17.9 Å². The van der Waals surface area contributed by atoms with Gasteiger partial charge in [-0.05, 0) is 17.7 Å². The number of carbonyl (C=O) groups is 2. The van der Waals surface area contributed by atoms with Gasteiger partial charge in [-0.3, -0.25) is 9.59 Å². The molecular weight excluding hydrogens is 226 g/mol. The van der Waals surface area contributed by atoms with Crippen LogP contribution in [-0.4, -0.2) is 27.2 Å². The van der Waals surface area contributed by atoms with Crippen molar-refractivity contribution in [2.75, 3.05) is 0 Å². The quantitative estimate of drug-likeness (QED) is 0.555.